The number of hydrazone groups is 1. The van der Waals surface area contributed by atoms with Crippen molar-refractivity contribution in [3.8, 4) is 17.2 Å². The molecule has 0 heterocycles. The van der Waals surface area contributed by atoms with E-state index in [0.717, 1.165) is 15.6 Å². The summed E-state index contributed by atoms with van der Waals surface area (Å²) in [5.41, 5.74) is 4.45. The van der Waals surface area contributed by atoms with Crippen LogP contribution >= 0.6 is 27.5 Å². The maximum Gasteiger partial charge on any atom is 0.275 e. The van der Waals surface area contributed by atoms with E-state index in [0.29, 0.717) is 34.4 Å². The van der Waals surface area contributed by atoms with E-state index in [1.54, 1.807) is 43.5 Å². The van der Waals surface area contributed by atoms with Crippen molar-refractivity contribution in [2.45, 2.75) is 13.5 Å². The van der Waals surface area contributed by atoms with Crippen molar-refractivity contribution in [2.75, 3.05) is 13.7 Å². The number of carbonyl (C=O) groups excluding carboxylic acids is 1. The first kappa shape index (κ1) is 23.6. The van der Waals surface area contributed by atoms with Gasteiger partial charge in [0.15, 0.2) is 11.5 Å². The summed E-state index contributed by atoms with van der Waals surface area (Å²) in [7, 11) is 1.56. The molecule has 0 aromatic heterocycles. The van der Waals surface area contributed by atoms with Crippen LogP contribution in [0.1, 0.15) is 28.4 Å². The van der Waals surface area contributed by atoms with Gasteiger partial charge in [0.05, 0.1) is 30.0 Å². The van der Waals surface area contributed by atoms with Gasteiger partial charge in [0.2, 0.25) is 0 Å². The van der Waals surface area contributed by atoms with E-state index in [1.807, 2.05) is 31.2 Å². The van der Waals surface area contributed by atoms with Crippen molar-refractivity contribution in [1.29, 1.82) is 0 Å². The van der Waals surface area contributed by atoms with E-state index in [-0.39, 0.29) is 6.61 Å². The summed E-state index contributed by atoms with van der Waals surface area (Å²) < 4.78 is 17.5. The van der Waals surface area contributed by atoms with Gasteiger partial charge in [0, 0.05) is 10.6 Å². The number of benzene rings is 3. The van der Waals surface area contributed by atoms with Gasteiger partial charge >= 0.3 is 0 Å². The highest BCUT2D eigenvalue weighted by Gasteiger charge is 2.13. The maximum absolute atomic E-state index is 12.7. The van der Waals surface area contributed by atoms with Crippen LogP contribution in [0.2, 0.25) is 5.02 Å². The van der Waals surface area contributed by atoms with E-state index in [9.17, 15) is 4.79 Å². The molecule has 0 aliphatic carbocycles. The molecule has 1 amide bonds. The first-order valence-corrected chi connectivity index (χ1v) is 11.0. The second-order valence-electron chi connectivity index (χ2n) is 6.54. The van der Waals surface area contributed by atoms with Gasteiger partial charge < -0.3 is 14.2 Å². The highest BCUT2D eigenvalue weighted by atomic mass is 79.9. The van der Waals surface area contributed by atoms with Gasteiger partial charge in [0.1, 0.15) is 12.4 Å². The van der Waals surface area contributed by atoms with Crippen LogP contribution in [0.4, 0.5) is 0 Å². The SMILES string of the molecule is CCOc1c(Br)cc(/C=N/NC(=O)c2ccccc2OCc2ccccc2Cl)cc1OC. The van der Waals surface area contributed by atoms with E-state index in [4.69, 9.17) is 25.8 Å². The van der Waals surface area contributed by atoms with Gasteiger partial charge in [-0.05, 0) is 58.7 Å². The Hall–Kier alpha value is -3.03. The molecule has 6 nitrogen and oxygen atoms in total. The molecule has 3 aromatic carbocycles. The average Bonchev–Trinajstić information content (AvgIpc) is 2.80. The Morgan fingerprint density at radius 3 is 2.59 bits per heavy atom. The number of ether oxygens (including phenoxy) is 3. The van der Waals surface area contributed by atoms with E-state index in [1.165, 1.54) is 6.21 Å². The van der Waals surface area contributed by atoms with Crippen LogP contribution in [0.25, 0.3) is 0 Å². The summed E-state index contributed by atoms with van der Waals surface area (Å²) in [5.74, 6) is 1.21. The second kappa shape index (κ2) is 11.5. The van der Waals surface area contributed by atoms with Crippen molar-refractivity contribution in [3.63, 3.8) is 0 Å². The fourth-order valence-corrected chi connectivity index (χ4v) is 3.64. The van der Waals surface area contributed by atoms with Crippen LogP contribution in [0.15, 0.2) is 70.2 Å². The number of carbonyl (C=O) groups is 1. The normalized spacial score (nSPS) is 10.8. The molecule has 0 fully saturated rings. The molecule has 8 heteroatoms. The number of nitrogens with one attached hydrogen (secondary N) is 1. The Kier molecular flexibility index (Phi) is 8.53. The lowest BCUT2D eigenvalue weighted by Crippen LogP contribution is -2.18. The second-order valence-corrected chi connectivity index (χ2v) is 7.80. The number of nitrogens with zero attached hydrogens (tertiary/aromatic N) is 1. The predicted molar refractivity (Wildman–Crippen MR) is 129 cm³/mol. The Bertz CT molecular complexity index is 1120. The Labute approximate surface area is 200 Å². The lowest BCUT2D eigenvalue weighted by Gasteiger charge is -2.12. The Morgan fingerprint density at radius 1 is 1.09 bits per heavy atom. The molecule has 0 unspecified atom stereocenters. The molecular weight excluding hydrogens is 496 g/mol. The maximum atomic E-state index is 12.7. The van der Waals surface area contributed by atoms with Crippen molar-refractivity contribution in [1.82, 2.24) is 5.43 Å². The summed E-state index contributed by atoms with van der Waals surface area (Å²) in [4.78, 5) is 12.7. The number of halogens is 2. The predicted octanol–water partition coefficient (Wildman–Crippen LogP) is 5.85. The molecule has 0 aliphatic heterocycles. The molecule has 0 bridgehead atoms. The van der Waals surface area contributed by atoms with E-state index < -0.39 is 5.91 Å². The minimum atomic E-state index is -0.395. The summed E-state index contributed by atoms with van der Waals surface area (Å²) in [6.07, 6.45) is 1.52. The van der Waals surface area contributed by atoms with Gasteiger partial charge in [-0.15, -0.1) is 0 Å². The topological polar surface area (TPSA) is 69.2 Å². The smallest absolute Gasteiger partial charge is 0.275 e. The van der Waals surface area contributed by atoms with Crippen LogP contribution in [0.5, 0.6) is 17.2 Å². The third kappa shape index (κ3) is 6.02. The molecule has 3 aromatic rings. The number of methoxy groups -OCH3 is 1. The minimum Gasteiger partial charge on any atom is -0.493 e. The van der Waals surface area contributed by atoms with Crippen molar-refractivity contribution in [2.24, 2.45) is 5.10 Å². The zero-order valence-corrected chi connectivity index (χ0v) is 19.9. The van der Waals surface area contributed by atoms with Gasteiger partial charge in [-0.25, -0.2) is 5.43 Å². The van der Waals surface area contributed by atoms with E-state index >= 15 is 0 Å². The molecule has 3 rings (SSSR count). The molecule has 0 saturated carbocycles. The van der Waals surface area contributed by atoms with Gasteiger partial charge in [0.25, 0.3) is 5.91 Å². The summed E-state index contributed by atoms with van der Waals surface area (Å²) in [5, 5.41) is 4.67. The molecule has 0 saturated heterocycles. The quantitative estimate of drug-likeness (QED) is 0.285. The van der Waals surface area contributed by atoms with Crippen LogP contribution in [0, 0.1) is 0 Å². The van der Waals surface area contributed by atoms with Crippen LogP contribution in [-0.4, -0.2) is 25.8 Å². The lowest BCUT2D eigenvalue weighted by atomic mass is 10.2. The van der Waals surface area contributed by atoms with Gasteiger partial charge in [-0.2, -0.15) is 5.10 Å². The highest BCUT2D eigenvalue weighted by molar-refractivity contribution is 9.10. The summed E-state index contributed by atoms with van der Waals surface area (Å²) in [6.45, 7) is 2.65. The number of hydrogen-bond donors (Lipinski definition) is 1. The fourth-order valence-electron chi connectivity index (χ4n) is 2.88. The molecule has 1 N–H and O–H groups in total. The Balaban J connectivity index is 1.70. The highest BCUT2D eigenvalue weighted by Crippen LogP contribution is 2.36. The van der Waals surface area contributed by atoms with Gasteiger partial charge in [-0.3, -0.25) is 4.79 Å². The molecule has 166 valence electrons. The third-order valence-electron chi connectivity index (χ3n) is 4.39. The van der Waals surface area contributed by atoms with Crippen molar-refractivity contribution >= 4 is 39.7 Å². The zero-order valence-electron chi connectivity index (χ0n) is 17.6. The number of rotatable bonds is 9. The van der Waals surface area contributed by atoms with Crippen LogP contribution in [0.3, 0.4) is 0 Å². The first-order valence-electron chi connectivity index (χ1n) is 9.82. The van der Waals surface area contributed by atoms with Crippen molar-refractivity contribution in [3.05, 3.63) is 86.8 Å². The summed E-state index contributed by atoms with van der Waals surface area (Å²) in [6, 6.07) is 17.9. The molecule has 0 spiro atoms. The Morgan fingerprint density at radius 2 is 1.84 bits per heavy atom. The standard InChI is InChI=1S/C24H22BrClN2O4/c1-3-31-23-19(25)12-16(13-22(23)30-2)14-27-28-24(29)18-9-5-7-11-21(18)32-15-17-8-4-6-10-20(17)26/h4-14H,3,15H2,1-2H3,(H,28,29)/b27-14+. The largest absolute Gasteiger partial charge is 0.493 e. The number of hydrogen-bond acceptors (Lipinski definition) is 5. The zero-order chi connectivity index (χ0) is 22.9. The number of amides is 1. The van der Waals surface area contributed by atoms with E-state index in [2.05, 4.69) is 26.5 Å². The van der Waals surface area contributed by atoms with Crippen LogP contribution < -0.4 is 19.6 Å². The molecule has 32 heavy (non-hydrogen) atoms. The first-order chi connectivity index (χ1) is 15.5. The monoisotopic (exact) mass is 516 g/mol. The molecule has 0 radical (unpaired) electrons. The number of para-hydroxylation sites is 1. The minimum absolute atomic E-state index is 0.243. The fraction of sp³-hybridized carbons (Fsp3) is 0.167. The lowest BCUT2D eigenvalue weighted by molar-refractivity contribution is 0.0950. The average molecular weight is 518 g/mol. The van der Waals surface area contributed by atoms with Crippen molar-refractivity contribution < 1.29 is 19.0 Å². The third-order valence-corrected chi connectivity index (χ3v) is 5.35. The summed E-state index contributed by atoms with van der Waals surface area (Å²) >= 11 is 9.65. The van der Waals surface area contributed by atoms with Crippen LogP contribution in [-0.2, 0) is 6.61 Å². The van der Waals surface area contributed by atoms with Gasteiger partial charge in [-0.1, -0.05) is 41.9 Å². The molecule has 0 aliphatic rings. The molecular formula is C24H22BrClN2O4. The molecule has 0 atom stereocenters.